The minimum absolute atomic E-state index is 0.0529. The fraction of sp³-hybridized carbons (Fsp3) is 0.462. The quantitative estimate of drug-likeness (QED) is 0.842. The summed E-state index contributed by atoms with van der Waals surface area (Å²) in [6, 6.07) is 5.75. The van der Waals surface area contributed by atoms with Crippen LogP contribution in [0.2, 0.25) is 0 Å². The molecule has 0 heterocycles. The van der Waals surface area contributed by atoms with Gasteiger partial charge in [0.2, 0.25) is 5.91 Å². The lowest BCUT2D eigenvalue weighted by atomic mass is 10.1. The largest absolute Gasteiger partial charge is 0.496 e. The molecule has 0 aliphatic rings. The number of hydrogen-bond acceptors (Lipinski definition) is 3. The molecule has 1 aromatic rings. The zero-order valence-corrected chi connectivity index (χ0v) is 12.2. The summed E-state index contributed by atoms with van der Waals surface area (Å²) in [4.78, 5) is 11.5. The van der Waals surface area contributed by atoms with Crippen molar-refractivity contribution in [3.63, 3.8) is 0 Å². The summed E-state index contributed by atoms with van der Waals surface area (Å²) in [5, 5.41) is 11.7. The third-order valence-corrected chi connectivity index (χ3v) is 3.07. The van der Waals surface area contributed by atoms with Crippen molar-refractivity contribution in [2.75, 3.05) is 13.7 Å². The minimum atomic E-state index is -0.510. The van der Waals surface area contributed by atoms with Crippen LogP contribution in [-0.4, -0.2) is 30.8 Å². The van der Waals surface area contributed by atoms with Gasteiger partial charge in [-0.3, -0.25) is 4.79 Å². The number of hydrogen-bond donors (Lipinski definition) is 2. The molecule has 1 aromatic carbocycles. The number of halogens is 1. The third kappa shape index (κ3) is 5.06. The molecular weight excluding hydrogens is 298 g/mol. The number of aliphatic hydroxyl groups excluding tert-OH is 1. The molecule has 2 N–H and O–H groups in total. The van der Waals surface area contributed by atoms with Crippen LogP contribution in [0.3, 0.4) is 0 Å². The predicted octanol–water partition coefficient (Wildman–Crippen LogP) is 1.89. The van der Waals surface area contributed by atoms with Gasteiger partial charge in [-0.05, 0) is 47.0 Å². The van der Waals surface area contributed by atoms with E-state index >= 15 is 0 Å². The Morgan fingerprint density at radius 1 is 1.56 bits per heavy atom. The van der Waals surface area contributed by atoms with E-state index in [1.807, 2.05) is 18.2 Å². The van der Waals surface area contributed by atoms with Crippen molar-refractivity contribution in [2.45, 2.75) is 25.9 Å². The van der Waals surface area contributed by atoms with Crippen molar-refractivity contribution in [3.05, 3.63) is 28.2 Å². The first-order chi connectivity index (χ1) is 8.52. The maximum absolute atomic E-state index is 11.5. The molecule has 18 heavy (non-hydrogen) atoms. The molecule has 0 aliphatic carbocycles. The lowest BCUT2D eigenvalue weighted by Gasteiger charge is -2.08. The fourth-order valence-corrected chi connectivity index (χ4v) is 2.06. The van der Waals surface area contributed by atoms with Crippen LogP contribution in [0.1, 0.15) is 18.9 Å². The molecule has 0 radical (unpaired) electrons. The number of aliphatic hydroxyl groups is 1. The molecular formula is C13H18BrNO3. The second-order valence-electron chi connectivity index (χ2n) is 4.12. The average Bonchev–Trinajstić information content (AvgIpc) is 2.34. The van der Waals surface area contributed by atoms with E-state index in [0.717, 1.165) is 15.8 Å². The van der Waals surface area contributed by atoms with Crippen molar-refractivity contribution >= 4 is 21.8 Å². The zero-order chi connectivity index (χ0) is 13.5. The topological polar surface area (TPSA) is 58.6 Å². The highest BCUT2D eigenvalue weighted by atomic mass is 79.9. The first-order valence-corrected chi connectivity index (χ1v) is 6.59. The van der Waals surface area contributed by atoms with Gasteiger partial charge in [0.25, 0.3) is 0 Å². The van der Waals surface area contributed by atoms with E-state index in [-0.39, 0.29) is 5.91 Å². The van der Waals surface area contributed by atoms with Crippen LogP contribution < -0.4 is 10.1 Å². The van der Waals surface area contributed by atoms with Crippen molar-refractivity contribution in [2.24, 2.45) is 0 Å². The number of benzene rings is 1. The molecule has 0 spiro atoms. The van der Waals surface area contributed by atoms with Gasteiger partial charge in [0, 0.05) is 13.0 Å². The summed E-state index contributed by atoms with van der Waals surface area (Å²) >= 11 is 3.41. The molecule has 4 nitrogen and oxygen atoms in total. The smallest absolute Gasteiger partial charge is 0.220 e. The Morgan fingerprint density at radius 3 is 2.83 bits per heavy atom. The molecule has 0 fully saturated rings. The molecule has 1 rings (SSSR count). The van der Waals surface area contributed by atoms with Gasteiger partial charge in [0.15, 0.2) is 0 Å². The maximum atomic E-state index is 11.5. The van der Waals surface area contributed by atoms with E-state index in [1.165, 1.54) is 0 Å². The summed E-state index contributed by atoms with van der Waals surface area (Å²) in [5.41, 5.74) is 1.06. The summed E-state index contributed by atoms with van der Waals surface area (Å²) in [5.74, 6) is 0.722. The number of ether oxygens (including phenoxy) is 1. The summed E-state index contributed by atoms with van der Waals surface area (Å²) in [7, 11) is 1.61. The van der Waals surface area contributed by atoms with E-state index in [0.29, 0.717) is 19.4 Å². The van der Waals surface area contributed by atoms with Gasteiger partial charge in [-0.25, -0.2) is 0 Å². The lowest BCUT2D eigenvalue weighted by Crippen LogP contribution is -2.30. The summed E-state index contributed by atoms with van der Waals surface area (Å²) in [6.07, 6.45) is 0.559. The Bertz CT molecular complexity index is 407. The Kier molecular flexibility index (Phi) is 6.15. The molecule has 5 heteroatoms. The number of carbonyl (C=O) groups is 1. The van der Waals surface area contributed by atoms with Gasteiger partial charge >= 0.3 is 0 Å². The molecule has 1 amide bonds. The highest BCUT2D eigenvalue weighted by molar-refractivity contribution is 9.10. The number of carbonyl (C=O) groups excluding carboxylic acids is 1. The van der Waals surface area contributed by atoms with E-state index in [4.69, 9.17) is 9.84 Å². The molecule has 0 saturated carbocycles. The minimum Gasteiger partial charge on any atom is -0.496 e. The van der Waals surface area contributed by atoms with Gasteiger partial charge in [-0.2, -0.15) is 0 Å². The highest BCUT2D eigenvalue weighted by Crippen LogP contribution is 2.25. The molecule has 1 atom stereocenters. The summed E-state index contributed by atoms with van der Waals surface area (Å²) < 4.78 is 6.02. The van der Waals surface area contributed by atoms with Crippen LogP contribution in [0.15, 0.2) is 22.7 Å². The molecule has 0 bridgehead atoms. The van der Waals surface area contributed by atoms with Crippen molar-refractivity contribution in [3.8, 4) is 5.75 Å². The van der Waals surface area contributed by atoms with Crippen LogP contribution in [0.25, 0.3) is 0 Å². The number of aryl methyl sites for hydroxylation is 1. The number of methoxy groups -OCH3 is 1. The Morgan fingerprint density at radius 2 is 2.28 bits per heavy atom. The predicted molar refractivity (Wildman–Crippen MR) is 73.7 cm³/mol. The van der Waals surface area contributed by atoms with Gasteiger partial charge in [0.1, 0.15) is 5.75 Å². The maximum Gasteiger partial charge on any atom is 0.220 e. The van der Waals surface area contributed by atoms with Crippen LogP contribution in [0.4, 0.5) is 0 Å². The van der Waals surface area contributed by atoms with Gasteiger partial charge in [0.05, 0.1) is 17.7 Å². The SMILES string of the molecule is COc1ccc(CCC(=O)NCC(C)O)cc1Br. The van der Waals surface area contributed by atoms with E-state index in [2.05, 4.69) is 21.2 Å². The molecule has 100 valence electrons. The van der Waals surface area contributed by atoms with Crippen LogP contribution in [0.5, 0.6) is 5.75 Å². The van der Waals surface area contributed by atoms with Gasteiger partial charge in [-0.15, -0.1) is 0 Å². The highest BCUT2D eigenvalue weighted by Gasteiger charge is 2.05. The Balaban J connectivity index is 2.43. The molecule has 0 saturated heterocycles. The second kappa shape index (κ2) is 7.38. The first kappa shape index (κ1) is 15.0. The number of nitrogens with one attached hydrogen (secondary N) is 1. The van der Waals surface area contributed by atoms with E-state index in [1.54, 1.807) is 14.0 Å². The second-order valence-corrected chi connectivity index (χ2v) is 4.98. The monoisotopic (exact) mass is 315 g/mol. The van der Waals surface area contributed by atoms with Gasteiger partial charge < -0.3 is 15.2 Å². The Hall–Kier alpha value is -1.07. The first-order valence-electron chi connectivity index (χ1n) is 5.80. The van der Waals surface area contributed by atoms with Crippen molar-refractivity contribution < 1.29 is 14.6 Å². The van der Waals surface area contributed by atoms with Crippen molar-refractivity contribution in [1.29, 1.82) is 0 Å². The van der Waals surface area contributed by atoms with Gasteiger partial charge in [-0.1, -0.05) is 6.07 Å². The third-order valence-electron chi connectivity index (χ3n) is 2.45. The van der Waals surface area contributed by atoms with Crippen LogP contribution >= 0.6 is 15.9 Å². The normalized spacial score (nSPS) is 12.0. The average molecular weight is 316 g/mol. The summed E-state index contributed by atoms with van der Waals surface area (Å²) in [6.45, 7) is 1.94. The Labute approximate surface area is 115 Å². The number of rotatable bonds is 6. The van der Waals surface area contributed by atoms with E-state index < -0.39 is 6.10 Å². The fourth-order valence-electron chi connectivity index (χ4n) is 1.47. The van der Waals surface area contributed by atoms with Crippen LogP contribution in [0, 0.1) is 0 Å². The van der Waals surface area contributed by atoms with Crippen LogP contribution in [-0.2, 0) is 11.2 Å². The molecule has 0 aromatic heterocycles. The number of amides is 1. The van der Waals surface area contributed by atoms with Crippen molar-refractivity contribution in [1.82, 2.24) is 5.32 Å². The zero-order valence-electron chi connectivity index (χ0n) is 10.6. The molecule has 0 aliphatic heterocycles. The standard InChI is InChI=1S/C13H18BrNO3/c1-9(16)8-15-13(17)6-4-10-3-5-12(18-2)11(14)7-10/h3,5,7,9,16H,4,6,8H2,1-2H3,(H,15,17). The lowest BCUT2D eigenvalue weighted by molar-refractivity contribution is -0.121. The molecule has 1 unspecified atom stereocenters. The van der Waals surface area contributed by atoms with E-state index in [9.17, 15) is 4.79 Å².